The molecule has 0 saturated carbocycles. The van der Waals surface area contributed by atoms with E-state index in [4.69, 9.17) is 0 Å². The number of hydrogen-bond acceptors (Lipinski definition) is 4. The number of carbonyl (C=O) groups is 1. The summed E-state index contributed by atoms with van der Waals surface area (Å²) in [7, 11) is 0. The van der Waals surface area contributed by atoms with Crippen molar-refractivity contribution in [3.05, 3.63) is 59.6 Å². The van der Waals surface area contributed by atoms with Crippen molar-refractivity contribution in [2.24, 2.45) is 0 Å². The van der Waals surface area contributed by atoms with Crippen LogP contribution in [0, 0.1) is 5.82 Å². The van der Waals surface area contributed by atoms with Crippen LogP contribution >= 0.6 is 0 Å². The Morgan fingerprint density at radius 2 is 2.08 bits per heavy atom. The number of carbonyl (C=O) groups excluding carboxylic acids is 1. The predicted molar refractivity (Wildman–Crippen MR) is 95.2 cm³/mol. The molecule has 1 aliphatic carbocycles. The van der Waals surface area contributed by atoms with Crippen molar-refractivity contribution >= 4 is 17.4 Å². The molecule has 2 aromatic rings. The van der Waals surface area contributed by atoms with Crippen LogP contribution in [0.3, 0.4) is 0 Å². The summed E-state index contributed by atoms with van der Waals surface area (Å²) in [5.41, 5.74) is 2.27. The Bertz CT molecular complexity index is 758. The molecule has 0 bridgehead atoms. The van der Waals surface area contributed by atoms with Gasteiger partial charge in [0.15, 0.2) is 11.5 Å². The summed E-state index contributed by atoms with van der Waals surface area (Å²) in [4.78, 5) is 12.1. The zero-order chi connectivity index (χ0) is 17.5. The summed E-state index contributed by atoms with van der Waals surface area (Å²) in [5, 5.41) is 13.7. The highest BCUT2D eigenvalue weighted by Gasteiger charge is 2.09. The average molecular weight is 340 g/mol. The van der Waals surface area contributed by atoms with Crippen LogP contribution in [0.2, 0.25) is 0 Å². The van der Waals surface area contributed by atoms with E-state index in [-0.39, 0.29) is 17.4 Å². The Labute approximate surface area is 146 Å². The lowest BCUT2D eigenvalue weighted by atomic mass is 9.97. The summed E-state index contributed by atoms with van der Waals surface area (Å²) >= 11 is 0. The van der Waals surface area contributed by atoms with Crippen LogP contribution in [0.1, 0.15) is 42.6 Å². The van der Waals surface area contributed by atoms with Crippen LogP contribution in [0.15, 0.2) is 48.0 Å². The van der Waals surface area contributed by atoms with E-state index in [2.05, 4.69) is 26.9 Å². The number of halogens is 1. The minimum absolute atomic E-state index is 0.235. The normalized spacial score (nSPS) is 13.9. The summed E-state index contributed by atoms with van der Waals surface area (Å²) in [6, 6.07) is 9.32. The molecule has 0 fully saturated rings. The van der Waals surface area contributed by atoms with E-state index in [1.54, 1.807) is 24.3 Å². The summed E-state index contributed by atoms with van der Waals surface area (Å²) in [6.45, 7) is 0.607. The van der Waals surface area contributed by atoms with Gasteiger partial charge in [0.2, 0.25) is 0 Å². The minimum atomic E-state index is -0.331. The molecule has 1 amide bonds. The van der Waals surface area contributed by atoms with Gasteiger partial charge in [-0.05, 0) is 62.4 Å². The molecule has 6 heteroatoms. The molecule has 1 aliphatic rings. The first kappa shape index (κ1) is 17.1. The third-order valence-corrected chi connectivity index (χ3v) is 4.11. The number of anilines is 2. The largest absolute Gasteiger partial charge is 0.350 e. The number of nitrogens with one attached hydrogen (secondary N) is 2. The lowest BCUT2D eigenvalue weighted by molar-refractivity contribution is 0.0948. The minimum Gasteiger partial charge on any atom is -0.350 e. The van der Waals surface area contributed by atoms with Gasteiger partial charge in [-0.25, -0.2) is 4.39 Å². The molecule has 0 radical (unpaired) electrons. The van der Waals surface area contributed by atoms with Gasteiger partial charge in [-0.1, -0.05) is 17.7 Å². The Balaban J connectivity index is 1.51. The van der Waals surface area contributed by atoms with E-state index >= 15 is 0 Å². The van der Waals surface area contributed by atoms with Crippen LogP contribution in [0.4, 0.5) is 15.9 Å². The molecular weight excluding hydrogens is 319 g/mol. The molecule has 0 saturated heterocycles. The third-order valence-electron chi connectivity index (χ3n) is 4.11. The highest BCUT2D eigenvalue weighted by Crippen LogP contribution is 2.19. The van der Waals surface area contributed by atoms with Crippen molar-refractivity contribution in [3.63, 3.8) is 0 Å². The maximum atomic E-state index is 13.2. The molecule has 130 valence electrons. The molecule has 25 heavy (non-hydrogen) atoms. The first-order valence-electron chi connectivity index (χ1n) is 8.53. The number of allylic oxidation sites excluding steroid dienone is 1. The van der Waals surface area contributed by atoms with Gasteiger partial charge in [0.05, 0.1) is 0 Å². The second-order valence-corrected chi connectivity index (χ2v) is 6.05. The fourth-order valence-electron chi connectivity index (χ4n) is 2.79. The fourth-order valence-corrected chi connectivity index (χ4v) is 2.79. The van der Waals surface area contributed by atoms with Crippen LogP contribution in [-0.2, 0) is 0 Å². The smallest absolute Gasteiger partial charge is 0.271 e. The molecule has 0 spiro atoms. The van der Waals surface area contributed by atoms with Crippen LogP contribution in [0.25, 0.3) is 0 Å². The topological polar surface area (TPSA) is 66.9 Å². The van der Waals surface area contributed by atoms with Crippen molar-refractivity contribution in [1.29, 1.82) is 0 Å². The monoisotopic (exact) mass is 340 g/mol. The standard InChI is InChI=1S/C19H21FN4O/c20-15-7-4-8-16(13-15)22-18-10-9-17(23-24-18)19(25)21-12-11-14-5-2-1-3-6-14/h4-5,7-10,13H,1-3,6,11-12H2,(H,21,25)(H,22,24). The Hall–Kier alpha value is -2.76. The Morgan fingerprint density at radius 1 is 1.16 bits per heavy atom. The molecule has 2 N–H and O–H groups in total. The van der Waals surface area contributed by atoms with Crippen molar-refractivity contribution in [1.82, 2.24) is 15.5 Å². The van der Waals surface area contributed by atoms with E-state index in [1.807, 2.05) is 0 Å². The lowest BCUT2D eigenvalue weighted by Gasteiger charge is -2.12. The second kappa shape index (κ2) is 8.37. The molecular formula is C19H21FN4O. The number of aromatic nitrogens is 2. The summed E-state index contributed by atoms with van der Waals surface area (Å²) in [5.74, 6) is -0.113. The zero-order valence-electron chi connectivity index (χ0n) is 14.0. The average Bonchev–Trinajstić information content (AvgIpc) is 2.63. The molecule has 0 aliphatic heterocycles. The number of hydrogen-bond donors (Lipinski definition) is 2. The molecule has 0 atom stereocenters. The Kier molecular flexibility index (Phi) is 5.72. The van der Waals surface area contributed by atoms with Gasteiger partial charge in [-0.2, -0.15) is 0 Å². The fraction of sp³-hybridized carbons (Fsp3) is 0.316. The van der Waals surface area contributed by atoms with Gasteiger partial charge >= 0.3 is 0 Å². The van der Waals surface area contributed by atoms with Gasteiger partial charge in [0.25, 0.3) is 5.91 Å². The van der Waals surface area contributed by atoms with E-state index in [9.17, 15) is 9.18 Å². The highest BCUT2D eigenvalue weighted by molar-refractivity contribution is 5.92. The van der Waals surface area contributed by atoms with E-state index in [0.29, 0.717) is 18.1 Å². The molecule has 0 unspecified atom stereocenters. The molecule has 1 aromatic heterocycles. The van der Waals surface area contributed by atoms with Gasteiger partial charge in [-0.15, -0.1) is 10.2 Å². The Morgan fingerprint density at radius 3 is 2.80 bits per heavy atom. The predicted octanol–water partition coefficient (Wildman–Crippen LogP) is 3.98. The molecule has 1 aromatic carbocycles. The van der Waals surface area contributed by atoms with E-state index < -0.39 is 0 Å². The number of nitrogens with zero attached hydrogens (tertiary/aromatic N) is 2. The van der Waals surface area contributed by atoms with Gasteiger partial charge in [0, 0.05) is 12.2 Å². The first-order chi connectivity index (χ1) is 12.2. The van der Waals surface area contributed by atoms with Gasteiger partial charge in [-0.3, -0.25) is 4.79 Å². The molecule has 3 rings (SSSR count). The maximum Gasteiger partial charge on any atom is 0.271 e. The van der Waals surface area contributed by atoms with Gasteiger partial charge in [0.1, 0.15) is 5.82 Å². The van der Waals surface area contributed by atoms with Crippen LogP contribution in [0.5, 0.6) is 0 Å². The van der Waals surface area contributed by atoms with Crippen LogP contribution in [-0.4, -0.2) is 22.6 Å². The quantitative estimate of drug-likeness (QED) is 0.781. The number of amides is 1. The van der Waals surface area contributed by atoms with Gasteiger partial charge < -0.3 is 10.6 Å². The van der Waals surface area contributed by atoms with Crippen LogP contribution < -0.4 is 10.6 Å². The lowest BCUT2D eigenvalue weighted by Crippen LogP contribution is -2.26. The van der Waals surface area contributed by atoms with Crippen molar-refractivity contribution in [2.75, 3.05) is 11.9 Å². The third kappa shape index (κ3) is 5.11. The number of rotatable bonds is 6. The molecule has 5 nitrogen and oxygen atoms in total. The maximum absolute atomic E-state index is 13.2. The number of benzene rings is 1. The molecule has 1 heterocycles. The summed E-state index contributed by atoms with van der Waals surface area (Å²) in [6.07, 6.45) is 7.96. The van der Waals surface area contributed by atoms with Crippen molar-refractivity contribution in [3.8, 4) is 0 Å². The van der Waals surface area contributed by atoms with E-state index in [1.165, 1.54) is 30.5 Å². The summed E-state index contributed by atoms with van der Waals surface area (Å²) < 4.78 is 13.2. The highest BCUT2D eigenvalue weighted by atomic mass is 19.1. The van der Waals surface area contributed by atoms with Crippen molar-refractivity contribution in [2.45, 2.75) is 32.1 Å². The SMILES string of the molecule is O=C(NCCC1=CCCCC1)c1ccc(Nc2cccc(F)c2)nn1. The van der Waals surface area contributed by atoms with E-state index in [0.717, 1.165) is 19.3 Å². The second-order valence-electron chi connectivity index (χ2n) is 6.05. The first-order valence-corrected chi connectivity index (χ1v) is 8.53. The van der Waals surface area contributed by atoms with Crippen molar-refractivity contribution < 1.29 is 9.18 Å². The zero-order valence-corrected chi connectivity index (χ0v) is 14.0.